The second-order valence-electron chi connectivity index (χ2n) is 7.19. The Labute approximate surface area is 153 Å². The molecule has 1 heterocycles. The number of benzene rings is 1. The minimum absolute atomic E-state index is 0.0672. The van der Waals surface area contributed by atoms with Crippen LogP contribution in [0.5, 0.6) is 5.75 Å². The molecule has 4 amide bonds. The Kier molecular flexibility index (Phi) is 4.89. The summed E-state index contributed by atoms with van der Waals surface area (Å²) in [6, 6.07) is 4.93. The number of nitrogens with zero attached hydrogens (tertiary/aromatic N) is 1. The zero-order chi connectivity index (χ0) is 18.9. The Morgan fingerprint density at radius 2 is 2.15 bits per heavy atom. The van der Waals surface area contributed by atoms with Crippen molar-refractivity contribution >= 4 is 23.5 Å². The van der Waals surface area contributed by atoms with Gasteiger partial charge in [0.05, 0.1) is 12.8 Å². The highest BCUT2D eigenvalue weighted by atomic mass is 16.5. The molecule has 1 spiro atoms. The molecule has 0 bridgehead atoms. The summed E-state index contributed by atoms with van der Waals surface area (Å²) in [4.78, 5) is 38.7. The molecule has 7 heteroatoms. The SMILES string of the molecule is COc1ccc(C)cc1NC(=O)CN1C(=O)N[C@@]2(CCCC[C@H]2C)C1=O. The average molecular weight is 359 g/mol. The largest absolute Gasteiger partial charge is 0.495 e. The summed E-state index contributed by atoms with van der Waals surface area (Å²) >= 11 is 0. The number of carbonyl (C=O) groups excluding carboxylic acids is 3. The van der Waals surface area contributed by atoms with E-state index in [2.05, 4.69) is 10.6 Å². The summed E-state index contributed by atoms with van der Waals surface area (Å²) in [5, 5.41) is 5.59. The van der Waals surface area contributed by atoms with Crippen LogP contribution in [0.25, 0.3) is 0 Å². The lowest BCUT2D eigenvalue weighted by molar-refractivity contribution is -0.136. The number of amides is 4. The second-order valence-corrected chi connectivity index (χ2v) is 7.19. The molecule has 1 saturated carbocycles. The smallest absolute Gasteiger partial charge is 0.325 e. The van der Waals surface area contributed by atoms with Crippen LogP contribution in [0.1, 0.15) is 38.2 Å². The van der Waals surface area contributed by atoms with Crippen LogP contribution in [0.2, 0.25) is 0 Å². The maximum Gasteiger partial charge on any atom is 0.325 e. The van der Waals surface area contributed by atoms with Crippen LogP contribution < -0.4 is 15.4 Å². The first-order chi connectivity index (χ1) is 12.4. The number of nitrogens with one attached hydrogen (secondary N) is 2. The molecule has 1 aliphatic heterocycles. The van der Waals surface area contributed by atoms with E-state index in [0.717, 1.165) is 29.7 Å². The van der Waals surface area contributed by atoms with E-state index in [1.54, 1.807) is 12.1 Å². The van der Waals surface area contributed by atoms with E-state index in [0.29, 0.717) is 17.9 Å². The van der Waals surface area contributed by atoms with Crippen molar-refractivity contribution in [2.45, 2.75) is 45.1 Å². The standard InChI is InChI=1S/C19H25N3O4/c1-12-7-8-15(26-3)14(10-12)20-16(23)11-22-17(24)19(21-18(22)25)9-5-4-6-13(19)2/h7-8,10,13H,4-6,9,11H2,1-3H3,(H,20,23)(H,21,25)/t13-,19-/m1/s1. The zero-order valence-corrected chi connectivity index (χ0v) is 15.4. The van der Waals surface area contributed by atoms with Gasteiger partial charge >= 0.3 is 6.03 Å². The third kappa shape index (κ3) is 3.13. The number of urea groups is 1. The van der Waals surface area contributed by atoms with Gasteiger partial charge in [-0.25, -0.2) is 4.79 Å². The molecule has 26 heavy (non-hydrogen) atoms. The van der Waals surface area contributed by atoms with Crippen molar-refractivity contribution in [3.05, 3.63) is 23.8 Å². The number of ether oxygens (including phenoxy) is 1. The molecule has 3 rings (SSSR count). The Bertz CT molecular complexity index is 748. The van der Waals surface area contributed by atoms with E-state index < -0.39 is 17.5 Å². The normalized spacial score (nSPS) is 25.3. The van der Waals surface area contributed by atoms with E-state index in [1.165, 1.54) is 7.11 Å². The van der Waals surface area contributed by atoms with Crippen LogP contribution in [-0.4, -0.2) is 41.9 Å². The van der Waals surface area contributed by atoms with Crippen LogP contribution in [0.3, 0.4) is 0 Å². The van der Waals surface area contributed by atoms with Crippen molar-refractivity contribution < 1.29 is 19.1 Å². The third-order valence-corrected chi connectivity index (χ3v) is 5.43. The molecule has 7 nitrogen and oxygen atoms in total. The summed E-state index contributed by atoms with van der Waals surface area (Å²) in [6.45, 7) is 3.58. The van der Waals surface area contributed by atoms with Gasteiger partial charge < -0.3 is 15.4 Å². The van der Waals surface area contributed by atoms with Gasteiger partial charge in [0, 0.05) is 0 Å². The average Bonchev–Trinajstić information content (AvgIpc) is 2.83. The predicted molar refractivity (Wildman–Crippen MR) is 97.0 cm³/mol. The molecule has 140 valence electrons. The maximum absolute atomic E-state index is 12.9. The molecule has 2 atom stereocenters. The first-order valence-corrected chi connectivity index (χ1v) is 8.96. The van der Waals surface area contributed by atoms with Crippen LogP contribution in [0, 0.1) is 12.8 Å². The molecule has 1 aromatic carbocycles. The van der Waals surface area contributed by atoms with Gasteiger partial charge in [0.1, 0.15) is 17.8 Å². The van der Waals surface area contributed by atoms with Gasteiger partial charge in [-0.1, -0.05) is 25.8 Å². The van der Waals surface area contributed by atoms with Crippen LogP contribution in [0.4, 0.5) is 10.5 Å². The quantitative estimate of drug-likeness (QED) is 0.809. The lowest BCUT2D eigenvalue weighted by Gasteiger charge is -2.36. The highest BCUT2D eigenvalue weighted by Gasteiger charge is 2.55. The fraction of sp³-hybridized carbons (Fsp3) is 0.526. The van der Waals surface area contributed by atoms with Crippen LogP contribution in [-0.2, 0) is 9.59 Å². The van der Waals surface area contributed by atoms with Gasteiger partial charge in [-0.2, -0.15) is 0 Å². The van der Waals surface area contributed by atoms with E-state index >= 15 is 0 Å². The minimum Gasteiger partial charge on any atom is -0.495 e. The third-order valence-electron chi connectivity index (χ3n) is 5.43. The Balaban J connectivity index is 1.73. The van der Waals surface area contributed by atoms with Crippen LogP contribution >= 0.6 is 0 Å². The maximum atomic E-state index is 12.9. The van der Waals surface area contributed by atoms with Crippen molar-refractivity contribution in [2.24, 2.45) is 5.92 Å². The number of carbonyl (C=O) groups is 3. The summed E-state index contributed by atoms with van der Waals surface area (Å²) in [5.41, 5.74) is 0.632. The first-order valence-electron chi connectivity index (χ1n) is 8.96. The highest BCUT2D eigenvalue weighted by molar-refractivity contribution is 6.10. The van der Waals surface area contributed by atoms with Gasteiger partial charge in [-0.15, -0.1) is 0 Å². The van der Waals surface area contributed by atoms with Gasteiger partial charge in [-0.05, 0) is 43.4 Å². The van der Waals surface area contributed by atoms with E-state index in [1.807, 2.05) is 19.9 Å². The van der Waals surface area contributed by atoms with E-state index in [-0.39, 0.29) is 18.4 Å². The molecule has 2 N–H and O–H groups in total. The Morgan fingerprint density at radius 3 is 2.85 bits per heavy atom. The number of hydrogen-bond acceptors (Lipinski definition) is 4. The molecule has 0 aromatic heterocycles. The van der Waals surface area contributed by atoms with Crippen molar-refractivity contribution in [3.8, 4) is 5.75 Å². The molecule has 0 unspecified atom stereocenters. The summed E-state index contributed by atoms with van der Waals surface area (Å²) in [7, 11) is 1.52. The fourth-order valence-corrected chi connectivity index (χ4v) is 3.89. The zero-order valence-electron chi connectivity index (χ0n) is 15.4. The minimum atomic E-state index is -0.851. The van der Waals surface area contributed by atoms with Gasteiger partial charge in [0.15, 0.2) is 0 Å². The lowest BCUT2D eigenvalue weighted by Crippen LogP contribution is -2.54. The van der Waals surface area contributed by atoms with Crippen LogP contribution in [0.15, 0.2) is 18.2 Å². The predicted octanol–water partition coefficient (Wildman–Crippen LogP) is 2.44. The van der Waals surface area contributed by atoms with Crippen molar-refractivity contribution in [3.63, 3.8) is 0 Å². The number of rotatable bonds is 4. The number of imide groups is 1. The molecular formula is C19H25N3O4. The second kappa shape index (κ2) is 6.97. The highest BCUT2D eigenvalue weighted by Crippen LogP contribution is 2.38. The van der Waals surface area contributed by atoms with E-state index in [4.69, 9.17) is 4.74 Å². The molecule has 1 aromatic rings. The number of anilines is 1. The van der Waals surface area contributed by atoms with Crippen molar-refractivity contribution in [1.29, 1.82) is 0 Å². The summed E-state index contributed by atoms with van der Waals surface area (Å²) in [5.74, 6) is -0.130. The van der Waals surface area contributed by atoms with E-state index in [9.17, 15) is 14.4 Å². The molecule has 0 radical (unpaired) electrons. The molecular weight excluding hydrogens is 334 g/mol. The van der Waals surface area contributed by atoms with Crippen molar-refractivity contribution in [2.75, 3.05) is 19.0 Å². The fourth-order valence-electron chi connectivity index (χ4n) is 3.89. The number of methoxy groups -OCH3 is 1. The summed E-state index contributed by atoms with van der Waals surface area (Å²) in [6.07, 6.45) is 3.48. The monoisotopic (exact) mass is 359 g/mol. The van der Waals surface area contributed by atoms with Crippen molar-refractivity contribution in [1.82, 2.24) is 10.2 Å². The molecule has 2 aliphatic rings. The number of aryl methyl sites for hydroxylation is 1. The Hall–Kier alpha value is -2.57. The lowest BCUT2D eigenvalue weighted by atomic mass is 9.73. The summed E-state index contributed by atoms with van der Waals surface area (Å²) < 4.78 is 5.24. The van der Waals surface area contributed by atoms with Gasteiger partial charge in [-0.3, -0.25) is 14.5 Å². The molecule has 1 aliphatic carbocycles. The van der Waals surface area contributed by atoms with Gasteiger partial charge in [0.2, 0.25) is 5.91 Å². The topological polar surface area (TPSA) is 87.7 Å². The molecule has 2 fully saturated rings. The van der Waals surface area contributed by atoms with Gasteiger partial charge in [0.25, 0.3) is 5.91 Å². The Morgan fingerprint density at radius 1 is 1.38 bits per heavy atom. The number of hydrogen-bond donors (Lipinski definition) is 2. The molecule has 1 saturated heterocycles. The first kappa shape index (κ1) is 18.2.